The number of H-pyrrole nitrogens is 1. The number of fused-ring (bicyclic) bond motifs is 1. The third-order valence-corrected chi connectivity index (χ3v) is 9.74. The first kappa shape index (κ1) is 30.4. The van der Waals surface area contributed by atoms with Gasteiger partial charge in [0.25, 0.3) is 11.5 Å². The fourth-order valence-corrected chi connectivity index (χ4v) is 7.39. The summed E-state index contributed by atoms with van der Waals surface area (Å²) in [6, 6.07) is 10.6. The van der Waals surface area contributed by atoms with Crippen molar-refractivity contribution in [1.82, 2.24) is 20.2 Å². The van der Waals surface area contributed by atoms with Crippen LogP contribution in [0, 0.1) is 19.8 Å². The van der Waals surface area contributed by atoms with E-state index in [0.29, 0.717) is 42.9 Å². The Morgan fingerprint density at radius 2 is 1.90 bits per heavy atom. The first-order chi connectivity index (χ1) is 20.1. The van der Waals surface area contributed by atoms with Crippen LogP contribution in [0.15, 0.2) is 40.0 Å². The Kier molecular flexibility index (Phi) is 9.15. The highest BCUT2D eigenvalue weighted by Gasteiger charge is 2.42. The minimum atomic E-state index is -0.273. The van der Waals surface area contributed by atoms with Crippen LogP contribution in [0.25, 0.3) is 10.9 Å². The van der Waals surface area contributed by atoms with Gasteiger partial charge in [-0.2, -0.15) is 0 Å². The van der Waals surface area contributed by atoms with Gasteiger partial charge in [0, 0.05) is 58.3 Å². The zero-order chi connectivity index (χ0) is 30.0. The van der Waals surface area contributed by atoms with Crippen LogP contribution in [0.3, 0.4) is 0 Å². The number of nitrogens with zero attached hydrogens (tertiary/aromatic N) is 1. The van der Waals surface area contributed by atoms with E-state index in [4.69, 9.17) is 9.47 Å². The normalized spacial score (nSPS) is 20.6. The number of aryl methyl sites for hydroxylation is 1. The highest BCUT2D eigenvalue weighted by atomic mass is 32.2. The number of carbonyl (C=O) groups excluding carboxylic acids is 2. The molecule has 2 aliphatic rings. The van der Waals surface area contributed by atoms with Gasteiger partial charge in [0.2, 0.25) is 0 Å². The number of benzene rings is 1. The fraction of sp³-hybridized carbons (Fsp3) is 0.531. The zero-order valence-corrected chi connectivity index (χ0v) is 26.0. The second-order valence-electron chi connectivity index (χ2n) is 11.9. The molecule has 0 spiro atoms. The molecule has 9 nitrogen and oxygen atoms in total. The molecular formula is C32H42N4O5S. The molecule has 0 radical (unpaired) electrons. The summed E-state index contributed by atoms with van der Waals surface area (Å²) in [6.07, 6.45) is 6.12. The van der Waals surface area contributed by atoms with Crippen molar-refractivity contribution < 1.29 is 19.1 Å². The van der Waals surface area contributed by atoms with Gasteiger partial charge in [-0.25, -0.2) is 0 Å². The number of esters is 1. The van der Waals surface area contributed by atoms with Crippen LogP contribution in [-0.4, -0.2) is 59.1 Å². The van der Waals surface area contributed by atoms with Gasteiger partial charge in [0.05, 0.1) is 18.8 Å². The van der Waals surface area contributed by atoms with Crippen molar-refractivity contribution in [2.45, 2.75) is 82.4 Å². The van der Waals surface area contributed by atoms with E-state index in [1.54, 1.807) is 0 Å². The molecule has 0 unspecified atom stereocenters. The summed E-state index contributed by atoms with van der Waals surface area (Å²) in [5, 5.41) is 7.70. The van der Waals surface area contributed by atoms with Crippen molar-refractivity contribution in [3.05, 3.63) is 63.2 Å². The molecule has 1 saturated carbocycles. The Morgan fingerprint density at radius 3 is 2.55 bits per heavy atom. The Labute approximate surface area is 251 Å². The van der Waals surface area contributed by atoms with Crippen LogP contribution in [0.2, 0.25) is 0 Å². The lowest BCUT2D eigenvalue weighted by atomic mass is 9.80. The number of nitrogens with one attached hydrogen (secondary N) is 3. The fourth-order valence-electron chi connectivity index (χ4n) is 6.68. The van der Waals surface area contributed by atoms with Gasteiger partial charge in [-0.05, 0) is 70.8 Å². The topological polar surface area (TPSA) is 114 Å². The van der Waals surface area contributed by atoms with E-state index in [1.807, 2.05) is 44.4 Å². The van der Waals surface area contributed by atoms with Crippen LogP contribution in [0.4, 0.5) is 0 Å². The molecule has 2 aromatic heterocycles. The molecule has 1 aliphatic carbocycles. The molecule has 2 fully saturated rings. The van der Waals surface area contributed by atoms with E-state index in [1.165, 1.54) is 18.7 Å². The molecular weight excluding hydrogens is 552 g/mol. The lowest BCUT2D eigenvalue weighted by Gasteiger charge is -2.45. The third-order valence-electron chi connectivity index (χ3n) is 8.94. The quantitative estimate of drug-likeness (QED) is 0.231. The number of rotatable bonds is 10. The number of carbonyl (C=O) groups is 2. The zero-order valence-electron chi connectivity index (χ0n) is 25.2. The second-order valence-corrected chi connectivity index (χ2v) is 12.8. The molecule has 3 aromatic rings. The van der Waals surface area contributed by atoms with E-state index in [2.05, 4.69) is 33.2 Å². The summed E-state index contributed by atoms with van der Waals surface area (Å²) in [6.45, 7) is 9.22. The van der Waals surface area contributed by atoms with Crippen molar-refractivity contribution in [2.24, 2.45) is 5.92 Å². The monoisotopic (exact) mass is 594 g/mol. The van der Waals surface area contributed by atoms with E-state index >= 15 is 0 Å². The van der Waals surface area contributed by atoms with Gasteiger partial charge in [-0.3, -0.25) is 14.4 Å². The minimum absolute atomic E-state index is 0.167. The van der Waals surface area contributed by atoms with Gasteiger partial charge < -0.3 is 29.7 Å². The van der Waals surface area contributed by atoms with E-state index in [-0.39, 0.29) is 35.6 Å². The Hall–Kier alpha value is -3.08. The first-order valence-corrected chi connectivity index (χ1v) is 16.0. The van der Waals surface area contributed by atoms with Crippen molar-refractivity contribution in [3.8, 4) is 0 Å². The molecule has 1 aliphatic heterocycles. The van der Waals surface area contributed by atoms with Crippen molar-refractivity contribution in [3.63, 3.8) is 0 Å². The molecule has 1 atom stereocenters. The SMILES string of the molecule is CSc1cc(C)[nH]c(=O)c1CNC(=O)c1c(C)n([C@H](C)C2CCC(NC3(COC(C)=O)COC3)CC2)c2ccccc12. The number of pyridine rings is 1. The average molecular weight is 595 g/mol. The molecule has 3 N–H and O–H groups in total. The van der Waals surface area contributed by atoms with Crippen molar-refractivity contribution in [2.75, 3.05) is 26.1 Å². The van der Waals surface area contributed by atoms with Gasteiger partial charge in [0.1, 0.15) is 12.1 Å². The van der Waals surface area contributed by atoms with Gasteiger partial charge in [0.15, 0.2) is 0 Å². The van der Waals surface area contributed by atoms with E-state index in [0.717, 1.165) is 52.9 Å². The Morgan fingerprint density at radius 1 is 1.19 bits per heavy atom. The third kappa shape index (κ3) is 6.16. The van der Waals surface area contributed by atoms with Crippen molar-refractivity contribution in [1.29, 1.82) is 0 Å². The minimum Gasteiger partial charge on any atom is -0.464 e. The smallest absolute Gasteiger partial charge is 0.302 e. The second kappa shape index (κ2) is 12.7. The molecule has 0 bridgehead atoms. The van der Waals surface area contributed by atoms with Crippen LogP contribution >= 0.6 is 11.8 Å². The van der Waals surface area contributed by atoms with Crippen LogP contribution < -0.4 is 16.2 Å². The molecule has 1 aromatic carbocycles. The number of hydrogen-bond donors (Lipinski definition) is 3. The average Bonchev–Trinajstić information content (AvgIpc) is 3.24. The molecule has 42 heavy (non-hydrogen) atoms. The van der Waals surface area contributed by atoms with Crippen LogP contribution in [-0.2, 0) is 20.8 Å². The predicted octanol–water partition coefficient (Wildman–Crippen LogP) is 4.64. The number of amides is 1. The summed E-state index contributed by atoms with van der Waals surface area (Å²) in [4.78, 5) is 41.4. The van der Waals surface area contributed by atoms with Crippen LogP contribution in [0.5, 0.6) is 0 Å². The number of aromatic amines is 1. The summed E-state index contributed by atoms with van der Waals surface area (Å²) < 4.78 is 13.1. The molecule has 226 valence electrons. The van der Waals surface area contributed by atoms with E-state index in [9.17, 15) is 14.4 Å². The number of ether oxygens (including phenoxy) is 2. The van der Waals surface area contributed by atoms with E-state index < -0.39 is 0 Å². The largest absolute Gasteiger partial charge is 0.464 e. The summed E-state index contributed by atoms with van der Waals surface area (Å²) in [5.41, 5.74) is 3.60. The van der Waals surface area contributed by atoms with Gasteiger partial charge in [-0.1, -0.05) is 18.2 Å². The highest BCUT2D eigenvalue weighted by molar-refractivity contribution is 7.98. The highest BCUT2D eigenvalue weighted by Crippen LogP contribution is 2.38. The maximum Gasteiger partial charge on any atom is 0.302 e. The standard InChI is InChI=1S/C32H42N4O5S/c1-19-14-28(42-5)26(30(38)34-19)15-33-31(39)29-21(3)36(27-9-7-6-8-25(27)29)20(2)23-10-12-24(13-11-23)35-32(16-40-17-32)18-41-22(4)37/h6-9,14,20,23-24,35H,10-13,15-18H2,1-5H3,(H,33,39)(H,34,38)/t20-,23?,24?/m1/s1. The number of aromatic nitrogens is 2. The molecule has 1 saturated heterocycles. The number of hydrogen-bond acceptors (Lipinski definition) is 7. The molecule has 10 heteroatoms. The Balaban J connectivity index is 1.30. The van der Waals surface area contributed by atoms with Crippen molar-refractivity contribution >= 4 is 34.5 Å². The summed E-state index contributed by atoms with van der Waals surface area (Å²) >= 11 is 1.51. The maximum atomic E-state index is 13.7. The molecule has 1 amide bonds. The summed E-state index contributed by atoms with van der Waals surface area (Å²) in [7, 11) is 0. The Bertz CT molecular complexity index is 1520. The molecule has 5 rings (SSSR count). The van der Waals surface area contributed by atoms with Gasteiger partial charge >= 0.3 is 5.97 Å². The summed E-state index contributed by atoms with van der Waals surface area (Å²) in [5.74, 6) is 0.0256. The predicted molar refractivity (Wildman–Crippen MR) is 165 cm³/mol. The van der Waals surface area contributed by atoms with Gasteiger partial charge in [-0.15, -0.1) is 11.8 Å². The number of thioether (sulfide) groups is 1. The lowest BCUT2D eigenvalue weighted by molar-refractivity contribution is -0.155. The van der Waals surface area contributed by atoms with Crippen LogP contribution in [0.1, 0.15) is 72.9 Å². The molecule has 3 heterocycles. The maximum absolute atomic E-state index is 13.7. The lowest BCUT2D eigenvalue weighted by Crippen LogP contribution is -2.66. The number of para-hydroxylation sites is 1. The first-order valence-electron chi connectivity index (χ1n) is 14.8.